The lowest BCUT2D eigenvalue weighted by atomic mass is 10.1. The van der Waals surface area contributed by atoms with Crippen LogP contribution in [0.2, 0.25) is 0 Å². The highest BCUT2D eigenvalue weighted by atomic mass is 15.3. The fourth-order valence-electron chi connectivity index (χ4n) is 3.16. The molecule has 0 aliphatic carbocycles. The molecule has 1 aliphatic rings. The van der Waals surface area contributed by atoms with E-state index in [2.05, 4.69) is 36.1 Å². The first-order valence-corrected chi connectivity index (χ1v) is 8.00. The number of hydrogen-bond donors (Lipinski definition) is 1. The highest BCUT2D eigenvalue weighted by Crippen LogP contribution is 2.12. The number of piperidine rings is 1. The van der Waals surface area contributed by atoms with Crippen LogP contribution in [0.1, 0.15) is 43.1 Å². The molecule has 4 heteroatoms. The average molecular weight is 278 g/mol. The molecule has 1 aromatic rings. The quantitative estimate of drug-likeness (QED) is 0.866. The summed E-state index contributed by atoms with van der Waals surface area (Å²) >= 11 is 0. The zero-order valence-corrected chi connectivity index (χ0v) is 13.6. The molecule has 2 rings (SSSR count). The average Bonchev–Trinajstić information content (AvgIpc) is 2.66. The Morgan fingerprint density at radius 1 is 1.20 bits per heavy atom. The van der Waals surface area contributed by atoms with Crippen LogP contribution < -0.4 is 5.32 Å². The third-order valence-corrected chi connectivity index (χ3v) is 4.47. The van der Waals surface area contributed by atoms with Gasteiger partial charge < -0.3 is 10.2 Å². The van der Waals surface area contributed by atoms with Crippen molar-refractivity contribution < 1.29 is 0 Å². The van der Waals surface area contributed by atoms with Crippen LogP contribution in [0, 0.1) is 19.8 Å². The second-order valence-corrected chi connectivity index (χ2v) is 6.37. The lowest BCUT2D eigenvalue weighted by Crippen LogP contribution is -2.36. The van der Waals surface area contributed by atoms with E-state index in [0.717, 1.165) is 18.8 Å². The number of rotatable bonds is 6. The summed E-state index contributed by atoms with van der Waals surface area (Å²) in [4.78, 5) is 2.62. The van der Waals surface area contributed by atoms with Crippen LogP contribution in [0.3, 0.4) is 0 Å². The molecule has 1 aromatic heterocycles. The van der Waals surface area contributed by atoms with Crippen molar-refractivity contribution in [1.82, 2.24) is 20.0 Å². The van der Waals surface area contributed by atoms with Crippen molar-refractivity contribution in [3.8, 4) is 0 Å². The van der Waals surface area contributed by atoms with Gasteiger partial charge in [-0.1, -0.05) is 13.3 Å². The van der Waals surface area contributed by atoms with Crippen molar-refractivity contribution in [2.75, 3.05) is 26.2 Å². The molecule has 114 valence electrons. The van der Waals surface area contributed by atoms with Gasteiger partial charge in [-0.3, -0.25) is 4.68 Å². The number of hydrogen-bond acceptors (Lipinski definition) is 3. The minimum absolute atomic E-state index is 0.713. The molecule has 2 heterocycles. The maximum absolute atomic E-state index is 4.47. The molecule has 1 aliphatic heterocycles. The molecule has 0 amide bonds. The van der Waals surface area contributed by atoms with Crippen molar-refractivity contribution >= 4 is 0 Å². The van der Waals surface area contributed by atoms with Crippen LogP contribution in [-0.2, 0) is 13.6 Å². The van der Waals surface area contributed by atoms with Gasteiger partial charge in [-0.2, -0.15) is 5.10 Å². The van der Waals surface area contributed by atoms with Gasteiger partial charge in [-0.25, -0.2) is 0 Å². The summed E-state index contributed by atoms with van der Waals surface area (Å²) < 4.78 is 1.98. The van der Waals surface area contributed by atoms with Crippen LogP contribution in [0.15, 0.2) is 0 Å². The van der Waals surface area contributed by atoms with Gasteiger partial charge in [-0.15, -0.1) is 0 Å². The Balaban J connectivity index is 1.72. The molecule has 1 atom stereocenters. The molecular formula is C16H30N4. The minimum Gasteiger partial charge on any atom is -0.312 e. The Bertz CT molecular complexity index is 418. The summed E-state index contributed by atoms with van der Waals surface area (Å²) in [7, 11) is 2.02. The van der Waals surface area contributed by atoms with E-state index >= 15 is 0 Å². The predicted molar refractivity (Wildman–Crippen MR) is 83.8 cm³/mol. The molecule has 0 saturated carbocycles. The smallest absolute Gasteiger partial charge is 0.0641 e. The van der Waals surface area contributed by atoms with E-state index in [-0.39, 0.29) is 0 Å². The van der Waals surface area contributed by atoms with Crippen molar-refractivity contribution in [2.45, 2.75) is 46.6 Å². The predicted octanol–water partition coefficient (Wildman–Crippen LogP) is 2.25. The third kappa shape index (κ3) is 4.06. The van der Waals surface area contributed by atoms with E-state index < -0.39 is 0 Å². The maximum atomic E-state index is 4.47. The highest BCUT2D eigenvalue weighted by molar-refractivity contribution is 5.23. The van der Waals surface area contributed by atoms with Gasteiger partial charge in [0, 0.05) is 31.4 Å². The van der Waals surface area contributed by atoms with Crippen LogP contribution >= 0.6 is 0 Å². The first-order valence-electron chi connectivity index (χ1n) is 8.00. The molecule has 1 saturated heterocycles. The van der Waals surface area contributed by atoms with Gasteiger partial charge in [0.15, 0.2) is 0 Å². The van der Waals surface area contributed by atoms with Gasteiger partial charge in [0.25, 0.3) is 0 Å². The Hall–Kier alpha value is -0.870. The number of aryl methyl sites for hydroxylation is 2. The first-order chi connectivity index (χ1) is 9.58. The van der Waals surface area contributed by atoms with E-state index in [4.69, 9.17) is 0 Å². The standard InChI is InChI=1S/C16H30N4/c1-13(12-20-8-6-5-7-9-20)10-17-11-16-14(2)18-19(4)15(16)3/h13,17H,5-12H2,1-4H3. The summed E-state index contributed by atoms with van der Waals surface area (Å²) in [6, 6.07) is 0. The van der Waals surface area contributed by atoms with E-state index in [1.165, 1.54) is 50.2 Å². The van der Waals surface area contributed by atoms with Gasteiger partial charge >= 0.3 is 0 Å². The van der Waals surface area contributed by atoms with Gasteiger partial charge in [0.05, 0.1) is 5.69 Å². The Morgan fingerprint density at radius 2 is 1.90 bits per heavy atom. The number of likely N-dealkylation sites (tertiary alicyclic amines) is 1. The molecule has 20 heavy (non-hydrogen) atoms. The zero-order chi connectivity index (χ0) is 14.5. The van der Waals surface area contributed by atoms with Crippen molar-refractivity contribution in [2.24, 2.45) is 13.0 Å². The summed E-state index contributed by atoms with van der Waals surface area (Å²) in [5.74, 6) is 0.713. The Morgan fingerprint density at radius 3 is 2.50 bits per heavy atom. The second-order valence-electron chi connectivity index (χ2n) is 6.37. The van der Waals surface area contributed by atoms with E-state index in [1.807, 2.05) is 11.7 Å². The van der Waals surface area contributed by atoms with Crippen LogP contribution in [0.5, 0.6) is 0 Å². The number of nitrogens with zero attached hydrogens (tertiary/aromatic N) is 3. The number of aromatic nitrogens is 2. The van der Waals surface area contributed by atoms with Gasteiger partial charge in [0.1, 0.15) is 0 Å². The molecule has 4 nitrogen and oxygen atoms in total. The Labute approximate surface area is 123 Å². The summed E-state index contributed by atoms with van der Waals surface area (Å²) in [5.41, 5.74) is 3.79. The molecule has 1 unspecified atom stereocenters. The molecule has 0 spiro atoms. The van der Waals surface area contributed by atoms with Crippen LogP contribution in [-0.4, -0.2) is 40.9 Å². The Kier molecular flexibility index (Phi) is 5.61. The van der Waals surface area contributed by atoms with Crippen LogP contribution in [0.25, 0.3) is 0 Å². The van der Waals surface area contributed by atoms with E-state index in [9.17, 15) is 0 Å². The van der Waals surface area contributed by atoms with Crippen molar-refractivity contribution in [1.29, 1.82) is 0 Å². The second kappa shape index (κ2) is 7.23. The van der Waals surface area contributed by atoms with E-state index in [1.54, 1.807) is 0 Å². The molecule has 0 bridgehead atoms. The fraction of sp³-hybridized carbons (Fsp3) is 0.812. The topological polar surface area (TPSA) is 33.1 Å². The molecule has 0 radical (unpaired) electrons. The molecule has 1 fully saturated rings. The van der Waals surface area contributed by atoms with Gasteiger partial charge in [-0.05, 0) is 52.2 Å². The molecular weight excluding hydrogens is 248 g/mol. The van der Waals surface area contributed by atoms with Crippen LogP contribution in [0.4, 0.5) is 0 Å². The normalized spacial score (nSPS) is 18.4. The SMILES string of the molecule is Cc1nn(C)c(C)c1CNCC(C)CN1CCCCC1. The van der Waals surface area contributed by atoms with E-state index in [0.29, 0.717) is 5.92 Å². The lowest BCUT2D eigenvalue weighted by Gasteiger charge is -2.29. The third-order valence-electron chi connectivity index (χ3n) is 4.47. The monoisotopic (exact) mass is 278 g/mol. The van der Waals surface area contributed by atoms with Gasteiger partial charge in [0.2, 0.25) is 0 Å². The number of nitrogens with one attached hydrogen (secondary N) is 1. The maximum Gasteiger partial charge on any atom is 0.0641 e. The summed E-state index contributed by atoms with van der Waals surface area (Å²) in [6.07, 6.45) is 4.19. The fourth-order valence-corrected chi connectivity index (χ4v) is 3.16. The highest BCUT2D eigenvalue weighted by Gasteiger charge is 2.14. The van der Waals surface area contributed by atoms with Crippen molar-refractivity contribution in [3.05, 3.63) is 17.0 Å². The zero-order valence-electron chi connectivity index (χ0n) is 13.6. The molecule has 0 aromatic carbocycles. The minimum atomic E-state index is 0.713. The lowest BCUT2D eigenvalue weighted by molar-refractivity contribution is 0.199. The largest absolute Gasteiger partial charge is 0.312 e. The summed E-state index contributed by atoms with van der Waals surface area (Å²) in [5, 5.41) is 8.08. The summed E-state index contributed by atoms with van der Waals surface area (Å²) in [6.45, 7) is 12.5. The first kappa shape index (κ1) is 15.5. The van der Waals surface area contributed by atoms with Crippen molar-refractivity contribution in [3.63, 3.8) is 0 Å². The molecule has 1 N–H and O–H groups in total.